The maximum Gasteiger partial charge on any atom is 0.407 e. The number of benzene rings is 2. The number of carbonyl (C=O) groups is 3. The van der Waals surface area contributed by atoms with Gasteiger partial charge in [0.1, 0.15) is 12.6 Å². The van der Waals surface area contributed by atoms with Crippen LogP contribution in [0.25, 0.3) is 11.1 Å². The summed E-state index contributed by atoms with van der Waals surface area (Å²) in [6, 6.07) is 15.1. The molecular weight excluding hydrogens is 436 g/mol. The second kappa shape index (κ2) is 10.7. The van der Waals surface area contributed by atoms with Crippen LogP contribution in [0.3, 0.4) is 0 Å². The van der Waals surface area contributed by atoms with Gasteiger partial charge in [0.25, 0.3) is 0 Å². The molecule has 0 radical (unpaired) electrons. The SMILES string of the molecule is CC1COCCN(C(=O)C(CCC(=O)O)NC(=O)OCC2c3ccccc3-c3ccccc32)C1. The number of amides is 2. The van der Waals surface area contributed by atoms with Gasteiger partial charge in [-0.25, -0.2) is 4.79 Å². The Morgan fingerprint density at radius 2 is 1.76 bits per heavy atom. The molecule has 2 aromatic rings. The Bertz CT molecular complexity index is 1010. The Hall–Kier alpha value is -3.39. The summed E-state index contributed by atoms with van der Waals surface area (Å²) in [5, 5.41) is 11.7. The Morgan fingerprint density at radius 3 is 2.41 bits per heavy atom. The average molecular weight is 467 g/mol. The van der Waals surface area contributed by atoms with Gasteiger partial charge in [-0.05, 0) is 34.6 Å². The monoisotopic (exact) mass is 466 g/mol. The number of rotatable bonds is 7. The molecule has 2 N–H and O–H groups in total. The zero-order valence-corrected chi connectivity index (χ0v) is 19.2. The molecule has 1 fully saturated rings. The highest BCUT2D eigenvalue weighted by molar-refractivity contribution is 5.86. The minimum atomic E-state index is -1.03. The van der Waals surface area contributed by atoms with Gasteiger partial charge in [-0.3, -0.25) is 9.59 Å². The molecule has 2 amide bonds. The van der Waals surface area contributed by atoms with Crippen LogP contribution in [0.4, 0.5) is 4.79 Å². The van der Waals surface area contributed by atoms with E-state index < -0.39 is 18.1 Å². The highest BCUT2D eigenvalue weighted by atomic mass is 16.5. The van der Waals surface area contributed by atoms with Gasteiger partial charge in [-0.1, -0.05) is 55.5 Å². The van der Waals surface area contributed by atoms with E-state index >= 15 is 0 Å². The maximum absolute atomic E-state index is 13.1. The van der Waals surface area contributed by atoms with Crippen LogP contribution in [-0.2, 0) is 19.1 Å². The molecule has 1 aliphatic heterocycles. The highest BCUT2D eigenvalue weighted by Crippen LogP contribution is 2.44. The number of nitrogens with zero attached hydrogens (tertiary/aromatic N) is 1. The van der Waals surface area contributed by atoms with E-state index in [2.05, 4.69) is 17.4 Å². The van der Waals surface area contributed by atoms with Gasteiger partial charge in [0.05, 0.1) is 13.2 Å². The van der Waals surface area contributed by atoms with Crippen LogP contribution in [0.15, 0.2) is 48.5 Å². The lowest BCUT2D eigenvalue weighted by Gasteiger charge is -2.27. The van der Waals surface area contributed by atoms with Gasteiger partial charge < -0.3 is 24.8 Å². The van der Waals surface area contributed by atoms with Crippen molar-refractivity contribution in [2.24, 2.45) is 5.92 Å². The minimum Gasteiger partial charge on any atom is -0.481 e. The predicted molar refractivity (Wildman–Crippen MR) is 125 cm³/mol. The van der Waals surface area contributed by atoms with Crippen molar-refractivity contribution in [3.8, 4) is 11.1 Å². The average Bonchev–Trinajstić information content (AvgIpc) is 2.98. The summed E-state index contributed by atoms with van der Waals surface area (Å²) in [5.41, 5.74) is 4.43. The van der Waals surface area contributed by atoms with E-state index in [1.807, 2.05) is 43.3 Å². The molecule has 1 heterocycles. The van der Waals surface area contributed by atoms with Crippen LogP contribution in [-0.4, -0.2) is 66.9 Å². The molecule has 2 unspecified atom stereocenters. The van der Waals surface area contributed by atoms with Crippen molar-refractivity contribution >= 4 is 18.0 Å². The van der Waals surface area contributed by atoms with E-state index in [0.717, 1.165) is 22.3 Å². The standard InChI is InChI=1S/C26H30N2O6/c1-17-14-28(12-13-33-15-17)25(31)23(10-11-24(29)30)27-26(32)34-16-22-20-8-4-2-6-18(20)19-7-3-5-9-21(19)22/h2-9,17,22-23H,10-16H2,1H3,(H,27,32)(H,29,30). The van der Waals surface area contributed by atoms with Crippen LogP contribution in [0.5, 0.6) is 0 Å². The normalized spacial score (nSPS) is 18.4. The first kappa shape index (κ1) is 23.8. The molecule has 0 bridgehead atoms. The predicted octanol–water partition coefficient (Wildman–Crippen LogP) is 3.25. The van der Waals surface area contributed by atoms with Crippen molar-refractivity contribution in [3.63, 3.8) is 0 Å². The number of alkyl carbamates (subject to hydrolysis) is 1. The zero-order chi connectivity index (χ0) is 24.1. The van der Waals surface area contributed by atoms with Crippen molar-refractivity contribution in [2.45, 2.75) is 31.7 Å². The van der Waals surface area contributed by atoms with Crippen molar-refractivity contribution in [1.82, 2.24) is 10.2 Å². The second-order valence-electron chi connectivity index (χ2n) is 8.92. The quantitative estimate of drug-likeness (QED) is 0.649. The lowest BCUT2D eigenvalue weighted by molar-refractivity contribution is -0.138. The number of carboxylic acid groups (broad SMARTS) is 1. The first-order valence-electron chi connectivity index (χ1n) is 11.6. The van der Waals surface area contributed by atoms with Crippen LogP contribution in [0.1, 0.15) is 36.8 Å². The number of hydrogen-bond acceptors (Lipinski definition) is 5. The lowest BCUT2D eigenvalue weighted by atomic mass is 9.98. The van der Waals surface area contributed by atoms with Gasteiger partial charge in [0, 0.05) is 25.4 Å². The van der Waals surface area contributed by atoms with Crippen molar-refractivity contribution in [3.05, 3.63) is 59.7 Å². The molecule has 34 heavy (non-hydrogen) atoms. The van der Waals surface area contributed by atoms with Gasteiger partial charge in [0.15, 0.2) is 0 Å². The fourth-order valence-electron chi connectivity index (χ4n) is 4.71. The van der Waals surface area contributed by atoms with Crippen molar-refractivity contribution in [2.75, 3.05) is 32.9 Å². The number of ether oxygens (including phenoxy) is 2. The number of aliphatic carboxylic acids is 1. The second-order valence-corrected chi connectivity index (χ2v) is 8.92. The summed E-state index contributed by atoms with van der Waals surface area (Å²) < 4.78 is 11.1. The lowest BCUT2D eigenvalue weighted by Crippen LogP contribution is -2.50. The molecule has 1 aliphatic carbocycles. The van der Waals surface area contributed by atoms with E-state index in [1.54, 1.807) is 4.90 Å². The molecule has 0 saturated carbocycles. The molecule has 2 atom stereocenters. The molecule has 2 aliphatic rings. The van der Waals surface area contributed by atoms with E-state index in [4.69, 9.17) is 14.6 Å². The van der Waals surface area contributed by atoms with E-state index in [0.29, 0.717) is 26.3 Å². The smallest absolute Gasteiger partial charge is 0.407 e. The number of carboxylic acids is 1. The van der Waals surface area contributed by atoms with Gasteiger partial charge in [-0.15, -0.1) is 0 Å². The summed E-state index contributed by atoms with van der Waals surface area (Å²) in [6.45, 7) is 3.97. The Morgan fingerprint density at radius 1 is 1.12 bits per heavy atom. The summed E-state index contributed by atoms with van der Waals surface area (Å²) in [4.78, 5) is 38.6. The molecule has 1 saturated heterocycles. The number of nitrogens with one attached hydrogen (secondary N) is 1. The third-order valence-electron chi connectivity index (χ3n) is 6.33. The molecule has 180 valence electrons. The third-order valence-corrected chi connectivity index (χ3v) is 6.33. The van der Waals surface area contributed by atoms with Gasteiger partial charge in [0.2, 0.25) is 5.91 Å². The van der Waals surface area contributed by atoms with E-state index in [-0.39, 0.29) is 37.2 Å². The molecule has 0 spiro atoms. The Labute approximate surface area is 198 Å². The topological polar surface area (TPSA) is 105 Å². The Kier molecular flexibility index (Phi) is 7.47. The summed E-state index contributed by atoms with van der Waals surface area (Å²) in [7, 11) is 0. The number of carbonyl (C=O) groups excluding carboxylic acids is 2. The van der Waals surface area contributed by atoms with Crippen molar-refractivity contribution < 1.29 is 29.0 Å². The molecule has 8 nitrogen and oxygen atoms in total. The van der Waals surface area contributed by atoms with Gasteiger partial charge in [-0.2, -0.15) is 0 Å². The third kappa shape index (κ3) is 5.39. The molecule has 0 aromatic heterocycles. The fraction of sp³-hybridized carbons (Fsp3) is 0.423. The van der Waals surface area contributed by atoms with Crippen LogP contribution < -0.4 is 5.32 Å². The first-order valence-corrected chi connectivity index (χ1v) is 11.6. The first-order chi connectivity index (χ1) is 16.4. The number of hydrogen-bond donors (Lipinski definition) is 2. The molecule has 2 aromatic carbocycles. The summed E-state index contributed by atoms with van der Waals surface area (Å²) in [5.74, 6) is -1.29. The molecular formula is C26H30N2O6. The van der Waals surface area contributed by atoms with Crippen LogP contribution in [0, 0.1) is 5.92 Å². The largest absolute Gasteiger partial charge is 0.481 e. The van der Waals surface area contributed by atoms with Crippen LogP contribution in [0.2, 0.25) is 0 Å². The Balaban J connectivity index is 1.43. The fourth-order valence-corrected chi connectivity index (χ4v) is 4.71. The van der Waals surface area contributed by atoms with E-state index in [1.165, 1.54) is 0 Å². The zero-order valence-electron chi connectivity index (χ0n) is 19.2. The van der Waals surface area contributed by atoms with Crippen molar-refractivity contribution in [1.29, 1.82) is 0 Å². The number of fused-ring (bicyclic) bond motifs is 3. The minimum absolute atomic E-state index is 0.00982. The van der Waals surface area contributed by atoms with Crippen LogP contribution >= 0.6 is 0 Å². The maximum atomic E-state index is 13.1. The molecule has 8 heteroatoms. The van der Waals surface area contributed by atoms with E-state index in [9.17, 15) is 14.4 Å². The molecule has 4 rings (SSSR count). The highest BCUT2D eigenvalue weighted by Gasteiger charge is 2.31. The summed E-state index contributed by atoms with van der Waals surface area (Å²) >= 11 is 0. The van der Waals surface area contributed by atoms with Gasteiger partial charge >= 0.3 is 12.1 Å². The summed E-state index contributed by atoms with van der Waals surface area (Å²) in [6.07, 6.45) is -0.978.